The number of halogens is 1. The highest BCUT2D eigenvalue weighted by molar-refractivity contribution is 6.31. The van der Waals surface area contributed by atoms with Crippen molar-refractivity contribution < 1.29 is 23.7 Å². The Balaban J connectivity index is 1.17. The van der Waals surface area contributed by atoms with E-state index in [1.807, 2.05) is 42.5 Å². The number of carbonyl (C=O) groups excluding carboxylic acids is 1. The van der Waals surface area contributed by atoms with Crippen molar-refractivity contribution in [3.63, 3.8) is 0 Å². The molecule has 0 radical (unpaired) electrons. The number of nitrogens with one attached hydrogen (secondary N) is 1. The van der Waals surface area contributed by atoms with Crippen LogP contribution in [-0.2, 0) is 9.53 Å². The summed E-state index contributed by atoms with van der Waals surface area (Å²) in [6, 6.07) is 21.2. The van der Waals surface area contributed by atoms with Crippen LogP contribution in [-0.4, -0.2) is 32.3 Å². The number of fused-ring (bicyclic) bond motifs is 1. The molecule has 0 aliphatic carbocycles. The lowest BCUT2D eigenvalue weighted by atomic mass is 9.76. The lowest BCUT2D eigenvalue weighted by Crippen LogP contribution is -2.31. The molecule has 1 saturated heterocycles. The molecule has 194 valence electrons. The molecule has 0 unspecified atom stereocenters. The highest BCUT2D eigenvalue weighted by atomic mass is 35.5. The van der Waals surface area contributed by atoms with Crippen molar-refractivity contribution in [1.82, 2.24) is 0 Å². The van der Waals surface area contributed by atoms with Crippen LogP contribution >= 0.6 is 11.6 Å². The zero-order valence-electron chi connectivity index (χ0n) is 21.1. The van der Waals surface area contributed by atoms with Crippen molar-refractivity contribution in [2.45, 2.75) is 32.3 Å². The second-order valence-corrected chi connectivity index (χ2v) is 10.3. The van der Waals surface area contributed by atoms with E-state index in [1.54, 1.807) is 18.2 Å². The van der Waals surface area contributed by atoms with E-state index in [0.29, 0.717) is 54.6 Å². The van der Waals surface area contributed by atoms with Crippen molar-refractivity contribution in [2.75, 3.05) is 31.7 Å². The molecule has 5 rings (SSSR count). The molecule has 2 aliphatic rings. The van der Waals surface area contributed by atoms with Crippen molar-refractivity contribution in [2.24, 2.45) is 11.8 Å². The summed E-state index contributed by atoms with van der Waals surface area (Å²) in [5.74, 6) is 2.79. The molecule has 1 fully saturated rings. The van der Waals surface area contributed by atoms with Gasteiger partial charge in [-0.15, -0.1) is 0 Å². The van der Waals surface area contributed by atoms with E-state index in [-0.39, 0.29) is 24.5 Å². The molecule has 3 atom stereocenters. The summed E-state index contributed by atoms with van der Waals surface area (Å²) < 4.78 is 23.2. The van der Waals surface area contributed by atoms with Crippen LogP contribution in [0.2, 0.25) is 5.02 Å². The molecule has 1 N–H and O–H groups in total. The lowest BCUT2D eigenvalue weighted by molar-refractivity contribution is -0.118. The maximum absolute atomic E-state index is 12.4. The molecule has 0 aromatic heterocycles. The van der Waals surface area contributed by atoms with Gasteiger partial charge in [-0.1, -0.05) is 55.8 Å². The van der Waals surface area contributed by atoms with Gasteiger partial charge in [0.05, 0.1) is 12.7 Å². The van der Waals surface area contributed by atoms with Gasteiger partial charge in [0.1, 0.15) is 19.0 Å². The molecule has 37 heavy (non-hydrogen) atoms. The number of ether oxygens (including phenoxy) is 4. The van der Waals surface area contributed by atoms with Crippen LogP contribution in [0.15, 0.2) is 66.7 Å². The van der Waals surface area contributed by atoms with E-state index >= 15 is 0 Å². The molecule has 0 spiro atoms. The Bertz CT molecular complexity index is 1230. The third-order valence-corrected chi connectivity index (χ3v) is 7.37. The molecule has 0 saturated carbocycles. The van der Waals surface area contributed by atoms with E-state index < -0.39 is 0 Å². The maximum Gasteiger partial charge on any atom is 0.262 e. The summed E-state index contributed by atoms with van der Waals surface area (Å²) in [6.45, 7) is 6.05. The lowest BCUT2D eigenvalue weighted by Gasteiger charge is -2.39. The first-order valence-electron chi connectivity index (χ1n) is 12.8. The van der Waals surface area contributed by atoms with Crippen LogP contribution < -0.4 is 19.5 Å². The fourth-order valence-electron chi connectivity index (χ4n) is 5.07. The molecule has 3 aromatic rings. The zero-order valence-corrected chi connectivity index (χ0v) is 21.9. The Kier molecular flexibility index (Phi) is 7.87. The van der Waals surface area contributed by atoms with Gasteiger partial charge in [0.2, 0.25) is 0 Å². The third-order valence-electron chi connectivity index (χ3n) is 7.03. The number of rotatable bonds is 7. The Morgan fingerprint density at radius 3 is 2.54 bits per heavy atom. The molecular weight excluding hydrogens is 490 g/mol. The minimum absolute atomic E-state index is 0.00583. The maximum atomic E-state index is 12.4. The fourth-order valence-corrected chi connectivity index (χ4v) is 5.36. The van der Waals surface area contributed by atoms with Gasteiger partial charge in [-0.05, 0) is 59.7 Å². The summed E-state index contributed by atoms with van der Waals surface area (Å²) in [5.41, 5.74) is 2.91. The highest BCUT2D eigenvalue weighted by Crippen LogP contribution is 2.44. The minimum Gasteiger partial charge on any atom is -0.486 e. The number of hydrogen-bond donors (Lipinski definition) is 1. The molecule has 0 bridgehead atoms. The quantitative estimate of drug-likeness (QED) is 0.377. The van der Waals surface area contributed by atoms with Crippen LogP contribution in [0.1, 0.15) is 43.4 Å². The Morgan fingerprint density at radius 2 is 1.78 bits per heavy atom. The van der Waals surface area contributed by atoms with Crippen LogP contribution in [0, 0.1) is 11.8 Å². The first kappa shape index (κ1) is 25.4. The topological polar surface area (TPSA) is 66.0 Å². The summed E-state index contributed by atoms with van der Waals surface area (Å²) in [7, 11) is 0. The van der Waals surface area contributed by atoms with E-state index in [1.165, 1.54) is 0 Å². The van der Waals surface area contributed by atoms with E-state index in [0.717, 1.165) is 22.6 Å². The molecular formula is C30H32ClNO5. The predicted octanol–water partition coefficient (Wildman–Crippen LogP) is 6.65. The van der Waals surface area contributed by atoms with Gasteiger partial charge in [0.25, 0.3) is 5.91 Å². The van der Waals surface area contributed by atoms with Crippen molar-refractivity contribution in [3.05, 3.63) is 82.9 Å². The van der Waals surface area contributed by atoms with Gasteiger partial charge in [-0.2, -0.15) is 0 Å². The van der Waals surface area contributed by atoms with Gasteiger partial charge >= 0.3 is 0 Å². The van der Waals surface area contributed by atoms with Crippen LogP contribution in [0.5, 0.6) is 17.2 Å². The highest BCUT2D eigenvalue weighted by Gasteiger charge is 2.35. The van der Waals surface area contributed by atoms with Gasteiger partial charge in [0.15, 0.2) is 18.1 Å². The summed E-state index contributed by atoms with van der Waals surface area (Å²) in [6.07, 6.45) is 1.02. The Morgan fingerprint density at radius 1 is 1.03 bits per heavy atom. The predicted molar refractivity (Wildman–Crippen MR) is 144 cm³/mol. The van der Waals surface area contributed by atoms with E-state index in [2.05, 4.69) is 25.2 Å². The van der Waals surface area contributed by atoms with Gasteiger partial charge in [0, 0.05) is 22.7 Å². The zero-order chi connectivity index (χ0) is 25.8. The minimum atomic E-state index is -0.248. The van der Waals surface area contributed by atoms with Crippen molar-refractivity contribution in [3.8, 4) is 17.2 Å². The average Bonchev–Trinajstić information content (AvgIpc) is 2.92. The monoisotopic (exact) mass is 521 g/mol. The second-order valence-electron chi connectivity index (χ2n) is 9.88. The fraction of sp³-hybridized carbons (Fsp3) is 0.367. The number of anilines is 1. The van der Waals surface area contributed by atoms with Crippen LogP contribution in [0.3, 0.4) is 0 Å². The van der Waals surface area contributed by atoms with Crippen molar-refractivity contribution >= 4 is 23.2 Å². The number of hydrogen-bond acceptors (Lipinski definition) is 5. The standard InChI is InChI=1S/C30H32ClNO5/c1-19(2)25-15-21(24-5-3-4-6-26(24)31)17-37-30(25)20-7-10-23(11-8-20)36-18-29(33)32-22-9-12-27-28(16-22)35-14-13-34-27/h3-12,16,19,21,25,30H,13-15,17-18H2,1-2H3,(H,32,33)/t21-,25-,30-/m0/s1. The number of benzene rings is 3. The van der Waals surface area contributed by atoms with Crippen LogP contribution in [0.4, 0.5) is 5.69 Å². The van der Waals surface area contributed by atoms with Gasteiger partial charge in [-0.25, -0.2) is 0 Å². The Hall–Kier alpha value is -3.22. The normalized spacial score (nSPS) is 20.9. The van der Waals surface area contributed by atoms with E-state index in [4.69, 9.17) is 30.5 Å². The largest absolute Gasteiger partial charge is 0.486 e. The SMILES string of the molecule is CC(C)[C@@H]1C[C@H](c2ccccc2Cl)CO[C@H]1c1ccc(OCC(=O)Nc2ccc3c(c2)OCCO3)cc1. The van der Waals surface area contributed by atoms with Gasteiger partial charge < -0.3 is 24.3 Å². The number of amides is 1. The molecule has 3 aromatic carbocycles. The molecule has 6 nitrogen and oxygen atoms in total. The average molecular weight is 522 g/mol. The summed E-state index contributed by atoms with van der Waals surface area (Å²) in [4.78, 5) is 12.4. The molecule has 2 heterocycles. The Labute approximate surface area is 222 Å². The second kappa shape index (κ2) is 11.4. The van der Waals surface area contributed by atoms with Gasteiger partial charge in [-0.3, -0.25) is 4.79 Å². The molecule has 1 amide bonds. The first-order chi connectivity index (χ1) is 18.0. The van der Waals surface area contributed by atoms with Crippen molar-refractivity contribution in [1.29, 1.82) is 0 Å². The summed E-state index contributed by atoms with van der Waals surface area (Å²) >= 11 is 6.47. The van der Waals surface area contributed by atoms with Crippen LogP contribution in [0.25, 0.3) is 0 Å². The third kappa shape index (κ3) is 6.03. The summed E-state index contributed by atoms with van der Waals surface area (Å²) in [5, 5.41) is 3.64. The smallest absolute Gasteiger partial charge is 0.262 e. The van der Waals surface area contributed by atoms with E-state index in [9.17, 15) is 4.79 Å². The number of carbonyl (C=O) groups is 1. The molecule has 7 heteroatoms. The molecule has 2 aliphatic heterocycles. The first-order valence-corrected chi connectivity index (χ1v) is 13.1.